The van der Waals surface area contributed by atoms with E-state index in [0.29, 0.717) is 17.3 Å². The monoisotopic (exact) mass is 293 g/mol. The van der Waals surface area contributed by atoms with Gasteiger partial charge in [0.15, 0.2) is 11.5 Å². The van der Waals surface area contributed by atoms with Crippen LogP contribution in [-0.2, 0) is 0 Å². The van der Waals surface area contributed by atoms with Crippen LogP contribution < -0.4 is 11.1 Å². The van der Waals surface area contributed by atoms with E-state index in [0.717, 1.165) is 5.56 Å². The zero-order valence-corrected chi connectivity index (χ0v) is 12.1. The molecule has 0 bridgehead atoms. The second kappa shape index (κ2) is 5.64. The van der Waals surface area contributed by atoms with Crippen LogP contribution in [0.25, 0.3) is 11.3 Å². The van der Waals surface area contributed by atoms with Crippen molar-refractivity contribution in [2.75, 3.05) is 6.54 Å². The van der Waals surface area contributed by atoms with Crippen molar-refractivity contribution in [1.82, 2.24) is 10.5 Å². The molecule has 0 saturated carbocycles. The Labute approximate surface area is 122 Å². The fourth-order valence-corrected chi connectivity index (χ4v) is 1.75. The Morgan fingerprint density at radius 1 is 1.45 bits per heavy atom. The van der Waals surface area contributed by atoms with Crippen molar-refractivity contribution in [2.45, 2.75) is 19.4 Å². The van der Waals surface area contributed by atoms with Gasteiger partial charge in [-0.3, -0.25) is 4.79 Å². The van der Waals surface area contributed by atoms with Crippen LogP contribution in [0.5, 0.6) is 0 Å². The third kappa shape index (κ3) is 3.82. The van der Waals surface area contributed by atoms with Gasteiger partial charge >= 0.3 is 0 Å². The van der Waals surface area contributed by atoms with Gasteiger partial charge < -0.3 is 15.6 Å². The molecule has 0 spiro atoms. The van der Waals surface area contributed by atoms with Gasteiger partial charge in [0.05, 0.1) is 0 Å². The van der Waals surface area contributed by atoms with Crippen LogP contribution in [0, 0.1) is 0 Å². The van der Waals surface area contributed by atoms with Crippen LogP contribution >= 0.6 is 11.6 Å². The molecular weight excluding hydrogens is 278 g/mol. The molecule has 1 heterocycles. The van der Waals surface area contributed by atoms with Crippen molar-refractivity contribution in [2.24, 2.45) is 5.73 Å². The van der Waals surface area contributed by atoms with E-state index in [2.05, 4.69) is 10.5 Å². The average Bonchev–Trinajstić information content (AvgIpc) is 2.84. The van der Waals surface area contributed by atoms with E-state index in [1.807, 2.05) is 19.9 Å². The van der Waals surface area contributed by atoms with Crippen molar-refractivity contribution >= 4 is 17.5 Å². The molecule has 0 aliphatic heterocycles. The number of benzene rings is 1. The third-order valence-corrected chi connectivity index (χ3v) is 2.79. The highest BCUT2D eigenvalue weighted by Gasteiger charge is 2.17. The lowest BCUT2D eigenvalue weighted by molar-refractivity contribution is 0.0937. The maximum Gasteiger partial charge on any atom is 0.273 e. The maximum absolute atomic E-state index is 11.9. The molecule has 2 rings (SSSR count). The lowest BCUT2D eigenvalue weighted by atomic mass is 10.1. The van der Waals surface area contributed by atoms with E-state index in [-0.39, 0.29) is 11.6 Å². The van der Waals surface area contributed by atoms with E-state index in [4.69, 9.17) is 21.9 Å². The Hall–Kier alpha value is -1.85. The Bertz CT molecular complexity index is 617. The molecular formula is C14H16ClN3O2. The Kier molecular flexibility index (Phi) is 4.11. The summed E-state index contributed by atoms with van der Waals surface area (Å²) < 4.78 is 5.16. The number of hydrogen-bond acceptors (Lipinski definition) is 4. The molecule has 3 N–H and O–H groups in total. The number of carbonyl (C=O) groups excluding carboxylic acids is 1. The molecule has 0 aliphatic rings. The molecule has 0 atom stereocenters. The first-order valence-electron chi connectivity index (χ1n) is 6.15. The molecule has 106 valence electrons. The van der Waals surface area contributed by atoms with Gasteiger partial charge in [-0.05, 0) is 26.0 Å². The highest BCUT2D eigenvalue weighted by Crippen LogP contribution is 2.23. The Balaban J connectivity index is 2.11. The summed E-state index contributed by atoms with van der Waals surface area (Å²) in [6.07, 6.45) is 0. The van der Waals surface area contributed by atoms with Crippen LogP contribution in [0.1, 0.15) is 24.3 Å². The topological polar surface area (TPSA) is 81.1 Å². The second-order valence-electron chi connectivity index (χ2n) is 5.26. The summed E-state index contributed by atoms with van der Waals surface area (Å²) in [5.41, 5.74) is 6.30. The highest BCUT2D eigenvalue weighted by molar-refractivity contribution is 6.30. The van der Waals surface area contributed by atoms with E-state index in [9.17, 15) is 4.79 Å². The second-order valence-corrected chi connectivity index (χ2v) is 5.69. The summed E-state index contributed by atoms with van der Waals surface area (Å²) >= 11 is 5.91. The molecule has 0 aliphatic carbocycles. The normalized spacial score (nSPS) is 11.4. The zero-order valence-electron chi connectivity index (χ0n) is 11.3. The molecule has 5 nitrogen and oxygen atoms in total. The number of halogens is 1. The molecule has 1 amide bonds. The molecule has 2 aromatic rings. The van der Waals surface area contributed by atoms with Crippen molar-refractivity contribution in [3.8, 4) is 11.3 Å². The van der Waals surface area contributed by atoms with Crippen LogP contribution in [0.4, 0.5) is 0 Å². The van der Waals surface area contributed by atoms with Gasteiger partial charge in [-0.2, -0.15) is 0 Å². The molecule has 20 heavy (non-hydrogen) atoms. The largest absolute Gasteiger partial charge is 0.355 e. The maximum atomic E-state index is 11.9. The number of nitrogens with one attached hydrogen (secondary N) is 1. The van der Waals surface area contributed by atoms with Gasteiger partial charge in [0, 0.05) is 28.7 Å². The van der Waals surface area contributed by atoms with Crippen molar-refractivity contribution < 1.29 is 9.32 Å². The third-order valence-electron chi connectivity index (χ3n) is 2.56. The van der Waals surface area contributed by atoms with Crippen molar-refractivity contribution in [1.29, 1.82) is 0 Å². The summed E-state index contributed by atoms with van der Waals surface area (Å²) in [5.74, 6) is 0.171. The van der Waals surface area contributed by atoms with Crippen molar-refractivity contribution in [3.63, 3.8) is 0 Å². The van der Waals surface area contributed by atoms with Crippen LogP contribution in [0.3, 0.4) is 0 Å². The number of nitrogens with zero attached hydrogens (tertiary/aromatic N) is 1. The van der Waals surface area contributed by atoms with E-state index < -0.39 is 5.54 Å². The molecule has 0 fully saturated rings. The average molecular weight is 294 g/mol. The van der Waals surface area contributed by atoms with E-state index >= 15 is 0 Å². The minimum Gasteiger partial charge on any atom is -0.355 e. The number of aromatic nitrogens is 1. The van der Waals surface area contributed by atoms with Gasteiger partial charge in [-0.15, -0.1) is 0 Å². The summed E-state index contributed by atoms with van der Waals surface area (Å²) in [6.45, 7) is 4.01. The van der Waals surface area contributed by atoms with Crippen LogP contribution in [0.2, 0.25) is 5.02 Å². The van der Waals surface area contributed by atoms with E-state index in [1.54, 1.807) is 24.3 Å². The molecule has 1 aromatic heterocycles. The number of nitrogens with two attached hydrogens (primary N) is 1. The SMILES string of the molecule is CC(C)(N)CNC(=O)c1cc(-c2cccc(Cl)c2)on1. The summed E-state index contributed by atoms with van der Waals surface area (Å²) in [4.78, 5) is 11.9. The number of rotatable bonds is 4. The minimum atomic E-state index is -0.477. The number of amides is 1. The zero-order chi connectivity index (χ0) is 14.8. The molecule has 0 radical (unpaired) electrons. The lowest BCUT2D eigenvalue weighted by Gasteiger charge is -2.18. The quantitative estimate of drug-likeness (QED) is 0.907. The molecule has 0 saturated heterocycles. The first-order chi connectivity index (χ1) is 9.35. The predicted octanol–water partition coefficient (Wildman–Crippen LogP) is 2.46. The molecule has 1 aromatic carbocycles. The molecule has 6 heteroatoms. The fraction of sp³-hybridized carbons (Fsp3) is 0.286. The van der Waals surface area contributed by atoms with Crippen molar-refractivity contribution in [3.05, 3.63) is 41.0 Å². The summed E-state index contributed by atoms with van der Waals surface area (Å²) in [5, 5.41) is 7.05. The van der Waals surface area contributed by atoms with E-state index in [1.165, 1.54) is 0 Å². The standard InChI is InChI=1S/C14H16ClN3O2/c1-14(2,16)8-17-13(19)11-7-12(20-18-11)9-4-3-5-10(15)6-9/h3-7H,8,16H2,1-2H3,(H,17,19). The van der Waals surface area contributed by atoms with Gasteiger partial charge in [-0.1, -0.05) is 28.9 Å². The number of carbonyl (C=O) groups is 1. The first-order valence-corrected chi connectivity index (χ1v) is 6.53. The predicted molar refractivity (Wildman–Crippen MR) is 77.5 cm³/mol. The Morgan fingerprint density at radius 2 is 2.20 bits per heavy atom. The first kappa shape index (κ1) is 14.6. The fourth-order valence-electron chi connectivity index (χ4n) is 1.56. The number of hydrogen-bond donors (Lipinski definition) is 2. The van der Waals surface area contributed by atoms with Crippen LogP contribution in [-0.4, -0.2) is 23.1 Å². The summed E-state index contributed by atoms with van der Waals surface area (Å²) in [7, 11) is 0. The molecule has 0 unspecified atom stereocenters. The lowest BCUT2D eigenvalue weighted by Crippen LogP contribution is -2.45. The minimum absolute atomic E-state index is 0.212. The smallest absolute Gasteiger partial charge is 0.273 e. The van der Waals surface area contributed by atoms with Crippen LogP contribution in [0.15, 0.2) is 34.9 Å². The van der Waals surface area contributed by atoms with Gasteiger partial charge in [0.2, 0.25) is 0 Å². The van der Waals surface area contributed by atoms with Gasteiger partial charge in [0.25, 0.3) is 5.91 Å². The highest BCUT2D eigenvalue weighted by atomic mass is 35.5. The van der Waals surface area contributed by atoms with Gasteiger partial charge in [0.1, 0.15) is 0 Å². The summed E-state index contributed by atoms with van der Waals surface area (Å²) in [6, 6.07) is 8.71. The Morgan fingerprint density at radius 3 is 2.85 bits per heavy atom. The van der Waals surface area contributed by atoms with Gasteiger partial charge in [-0.25, -0.2) is 0 Å².